The van der Waals surface area contributed by atoms with E-state index in [2.05, 4.69) is 4.74 Å². The predicted molar refractivity (Wildman–Crippen MR) is 56.9 cm³/mol. The van der Waals surface area contributed by atoms with E-state index in [4.69, 9.17) is 5.11 Å². The van der Waals surface area contributed by atoms with Crippen molar-refractivity contribution in [1.29, 1.82) is 0 Å². The molecule has 1 unspecified atom stereocenters. The Morgan fingerprint density at radius 3 is 2.40 bits per heavy atom. The first-order chi connectivity index (χ1) is 9.09. The minimum Gasteiger partial charge on any atom is -0.379 e. The van der Waals surface area contributed by atoms with Gasteiger partial charge in [-0.15, -0.1) is 0 Å². The number of aryl methyl sites for hydroxylation is 1. The van der Waals surface area contributed by atoms with Crippen LogP contribution in [-0.4, -0.2) is 35.2 Å². The van der Waals surface area contributed by atoms with Crippen LogP contribution in [0.25, 0.3) is 0 Å². The average molecular weight is 305 g/mol. The predicted octanol–water partition coefficient (Wildman–Crippen LogP) is 3.05. The fourth-order valence-electron chi connectivity index (χ4n) is 1.49. The van der Waals surface area contributed by atoms with Gasteiger partial charge in [0.1, 0.15) is 6.61 Å². The van der Waals surface area contributed by atoms with Crippen LogP contribution >= 0.6 is 0 Å². The molecule has 0 amide bonds. The number of alkyl halides is 6. The summed E-state index contributed by atoms with van der Waals surface area (Å²) >= 11 is 0. The van der Waals surface area contributed by atoms with Gasteiger partial charge < -0.3 is 14.4 Å². The first kappa shape index (κ1) is 16.8. The summed E-state index contributed by atoms with van der Waals surface area (Å²) in [5, 5.41) is 8.98. The van der Waals surface area contributed by atoms with E-state index < -0.39 is 25.1 Å². The molecule has 0 spiro atoms. The number of rotatable bonds is 6. The van der Waals surface area contributed by atoms with E-state index in [-0.39, 0.29) is 25.1 Å². The molecule has 1 heterocycles. The first-order valence-electron chi connectivity index (χ1n) is 5.64. The highest BCUT2D eigenvalue weighted by Gasteiger charge is 2.39. The van der Waals surface area contributed by atoms with Crippen LogP contribution in [0.4, 0.5) is 26.3 Å². The van der Waals surface area contributed by atoms with Gasteiger partial charge in [-0.1, -0.05) is 0 Å². The lowest BCUT2D eigenvalue weighted by molar-refractivity contribution is -0.206. The number of aromatic nitrogens is 1. The van der Waals surface area contributed by atoms with Gasteiger partial charge in [-0.05, 0) is 12.5 Å². The highest BCUT2D eigenvalue weighted by molar-refractivity contribution is 5.15. The zero-order valence-corrected chi connectivity index (χ0v) is 10.2. The van der Waals surface area contributed by atoms with Crippen molar-refractivity contribution in [3.63, 3.8) is 0 Å². The molecule has 1 aromatic rings. The summed E-state index contributed by atoms with van der Waals surface area (Å²) < 4.78 is 77.6. The fraction of sp³-hybridized carbons (Fsp3) is 0.636. The molecule has 0 aliphatic carbocycles. The number of aliphatic hydroxyl groups is 1. The highest BCUT2D eigenvalue weighted by Crippen LogP contribution is 2.32. The smallest absolute Gasteiger partial charge is 0.379 e. The summed E-state index contributed by atoms with van der Waals surface area (Å²) in [7, 11) is 0. The highest BCUT2D eigenvalue weighted by atomic mass is 19.4. The molecule has 0 saturated carbocycles. The Morgan fingerprint density at radius 1 is 1.20 bits per heavy atom. The Kier molecular flexibility index (Phi) is 5.46. The van der Waals surface area contributed by atoms with Crippen molar-refractivity contribution in [2.24, 2.45) is 0 Å². The minimum absolute atomic E-state index is 0.158. The minimum atomic E-state index is -4.75. The van der Waals surface area contributed by atoms with Gasteiger partial charge in [0.2, 0.25) is 0 Å². The molecule has 3 nitrogen and oxygen atoms in total. The SMILES string of the molecule is OC(c1ccn(CCCOCC(F)(F)F)c1)C(F)(F)F. The molecular formula is C11H13F6NO2. The van der Waals surface area contributed by atoms with E-state index in [1.165, 1.54) is 10.8 Å². The molecule has 0 aliphatic heterocycles. The van der Waals surface area contributed by atoms with Gasteiger partial charge >= 0.3 is 12.4 Å². The second kappa shape index (κ2) is 6.49. The topological polar surface area (TPSA) is 34.4 Å². The van der Waals surface area contributed by atoms with E-state index >= 15 is 0 Å². The quantitative estimate of drug-likeness (QED) is 0.647. The number of halogens is 6. The Bertz CT molecular complexity index is 412. The molecule has 0 radical (unpaired) electrons. The second-order valence-electron chi connectivity index (χ2n) is 4.15. The van der Waals surface area contributed by atoms with Crippen LogP contribution in [-0.2, 0) is 11.3 Å². The normalized spacial score (nSPS) is 14.6. The van der Waals surface area contributed by atoms with Crippen molar-refractivity contribution in [3.05, 3.63) is 24.0 Å². The molecule has 0 aliphatic rings. The third kappa shape index (κ3) is 5.83. The third-order valence-corrected chi connectivity index (χ3v) is 2.37. The van der Waals surface area contributed by atoms with Crippen LogP contribution in [0.2, 0.25) is 0 Å². The van der Waals surface area contributed by atoms with E-state index in [0.29, 0.717) is 0 Å². The summed E-state index contributed by atoms with van der Waals surface area (Å²) in [5.41, 5.74) is -0.311. The van der Waals surface area contributed by atoms with E-state index in [0.717, 1.165) is 12.3 Å². The van der Waals surface area contributed by atoms with Gasteiger partial charge in [0.25, 0.3) is 0 Å². The van der Waals surface area contributed by atoms with Gasteiger partial charge in [0.05, 0.1) is 0 Å². The van der Waals surface area contributed by atoms with Crippen molar-refractivity contribution >= 4 is 0 Å². The van der Waals surface area contributed by atoms with Gasteiger partial charge in [0, 0.05) is 31.1 Å². The van der Waals surface area contributed by atoms with Gasteiger partial charge in [0.15, 0.2) is 6.10 Å². The van der Waals surface area contributed by atoms with E-state index in [1.807, 2.05) is 0 Å². The van der Waals surface area contributed by atoms with Crippen LogP contribution in [0.15, 0.2) is 18.5 Å². The van der Waals surface area contributed by atoms with Crippen LogP contribution in [0.5, 0.6) is 0 Å². The van der Waals surface area contributed by atoms with E-state index in [9.17, 15) is 26.3 Å². The van der Waals surface area contributed by atoms with Crippen molar-refractivity contribution in [3.8, 4) is 0 Å². The zero-order valence-electron chi connectivity index (χ0n) is 10.2. The molecule has 0 bridgehead atoms. The van der Waals surface area contributed by atoms with Gasteiger partial charge in [-0.2, -0.15) is 26.3 Å². The monoisotopic (exact) mass is 305 g/mol. The van der Waals surface area contributed by atoms with Crippen molar-refractivity contribution in [2.75, 3.05) is 13.2 Å². The molecule has 1 N–H and O–H groups in total. The van der Waals surface area contributed by atoms with Crippen LogP contribution in [0.1, 0.15) is 18.1 Å². The lowest BCUT2D eigenvalue weighted by atomic mass is 10.2. The molecule has 0 fully saturated rings. The number of hydrogen-bond donors (Lipinski definition) is 1. The molecule has 0 aromatic carbocycles. The van der Waals surface area contributed by atoms with Gasteiger partial charge in [-0.3, -0.25) is 0 Å². The van der Waals surface area contributed by atoms with E-state index in [1.54, 1.807) is 0 Å². The summed E-state index contributed by atoms with van der Waals surface area (Å²) in [6.07, 6.45) is -9.08. The number of hydrogen-bond acceptors (Lipinski definition) is 2. The largest absolute Gasteiger partial charge is 0.418 e. The number of ether oxygens (including phenoxy) is 1. The van der Waals surface area contributed by atoms with Crippen molar-refractivity contribution in [2.45, 2.75) is 31.4 Å². The molecule has 1 atom stereocenters. The summed E-state index contributed by atoms with van der Waals surface area (Å²) in [6.45, 7) is -1.31. The Balaban J connectivity index is 2.34. The molecule has 116 valence electrons. The summed E-state index contributed by atoms with van der Waals surface area (Å²) in [6, 6.07) is 1.11. The first-order valence-corrected chi connectivity index (χ1v) is 5.64. The lowest BCUT2D eigenvalue weighted by Gasteiger charge is -2.12. The molecule has 9 heteroatoms. The Morgan fingerprint density at radius 2 is 1.85 bits per heavy atom. The van der Waals surface area contributed by atoms with Crippen LogP contribution in [0, 0.1) is 0 Å². The summed E-state index contributed by atoms with van der Waals surface area (Å²) in [4.78, 5) is 0. The molecule has 1 rings (SSSR count). The zero-order chi connectivity index (χ0) is 15.4. The fourth-order valence-corrected chi connectivity index (χ4v) is 1.49. The van der Waals surface area contributed by atoms with Gasteiger partial charge in [-0.25, -0.2) is 0 Å². The standard InChI is InChI=1S/C11H13F6NO2/c12-10(13,14)7-20-5-1-3-18-4-2-8(6-18)9(19)11(15,16)17/h2,4,6,9,19H,1,3,5,7H2. The Hall–Kier alpha value is -1.22. The Labute approximate surface area is 110 Å². The molecular weight excluding hydrogens is 292 g/mol. The third-order valence-electron chi connectivity index (χ3n) is 2.37. The lowest BCUT2D eigenvalue weighted by Crippen LogP contribution is -2.19. The maximum absolute atomic E-state index is 12.2. The molecule has 1 aromatic heterocycles. The summed E-state index contributed by atoms with van der Waals surface area (Å²) in [5.74, 6) is 0. The second-order valence-corrected chi connectivity index (χ2v) is 4.15. The van der Waals surface area contributed by atoms with Crippen LogP contribution < -0.4 is 0 Å². The molecule has 20 heavy (non-hydrogen) atoms. The maximum Gasteiger partial charge on any atom is 0.418 e. The average Bonchev–Trinajstić information content (AvgIpc) is 2.73. The number of aliphatic hydroxyl groups excluding tert-OH is 1. The maximum atomic E-state index is 12.2. The molecule has 0 saturated heterocycles. The van der Waals surface area contributed by atoms with Crippen molar-refractivity contribution in [1.82, 2.24) is 4.57 Å². The number of nitrogens with zero attached hydrogens (tertiary/aromatic N) is 1. The van der Waals surface area contributed by atoms with Crippen molar-refractivity contribution < 1.29 is 36.2 Å². The van der Waals surface area contributed by atoms with Crippen LogP contribution in [0.3, 0.4) is 0 Å².